The molecule has 1 aliphatic carbocycles. The van der Waals surface area contributed by atoms with Gasteiger partial charge >= 0.3 is 6.01 Å². The summed E-state index contributed by atoms with van der Waals surface area (Å²) in [5, 5.41) is 7.08. The predicted octanol–water partition coefficient (Wildman–Crippen LogP) is 1.63. The van der Waals surface area contributed by atoms with E-state index in [0.29, 0.717) is 24.3 Å². The highest BCUT2D eigenvalue weighted by Crippen LogP contribution is 2.23. The molecule has 2 heterocycles. The van der Waals surface area contributed by atoms with Crippen LogP contribution in [-0.2, 0) is 6.42 Å². The first-order chi connectivity index (χ1) is 7.90. The largest absolute Gasteiger partial charge is 0.335 e. The zero-order chi connectivity index (χ0) is 10.8. The maximum absolute atomic E-state index is 5.10. The van der Waals surface area contributed by atoms with Gasteiger partial charge in [0.25, 0.3) is 0 Å². The minimum atomic E-state index is 0.529. The van der Waals surface area contributed by atoms with Gasteiger partial charge < -0.3 is 9.84 Å². The van der Waals surface area contributed by atoms with Gasteiger partial charge in [0.15, 0.2) is 5.82 Å². The van der Waals surface area contributed by atoms with Crippen molar-refractivity contribution in [3.63, 3.8) is 0 Å². The van der Waals surface area contributed by atoms with E-state index in [9.17, 15) is 0 Å². The summed E-state index contributed by atoms with van der Waals surface area (Å²) < 4.78 is 5.10. The average Bonchev–Trinajstić information content (AvgIpc) is 3.01. The van der Waals surface area contributed by atoms with E-state index in [4.69, 9.17) is 4.52 Å². The summed E-state index contributed by atoms with van der Waals surface area (Å²) in [5.74, 6) is 0.691. The molecule has 2 aromatic rings. The summed E-state index contributed by atoms with van der Waals surface area (Å²) >= 11 is 0. The lowest BCUT2D eigenvalue weighted by Gasteiger charge is -1.94. The Labute approximate surface area is 92.9 Å². The molecule has 3 rings (SSSR count). The highest BCUT2D eigenvalue weighted by molar-refractivity contribution is 5.24. The lowest BCUT2D eigenvalue weighted by Crippen LogP contribution is -2.01. The van der Waals surface area contributed by atoms with E-state index in [1.54, 1.807) is 6.20 Å². The van der Waals surface area contributed by atoms with Gasteiger partial charge in [0, 0.05) is 24.9 Å². The molecule has 82 valence electrons. The fourth-order valence-corrected chi connectivity index (χ4v) is 1.47. The summed E-state index contributed by atoms with van der Waals surface area (Å²) in [6.45, 7) is 0. The van der Waals surface area contributed by atoms with Gasteiger partial charge in [-0.3, -0.25) is 4.98 Å². The first-order valence-corrected chi connectivity index (χ1v) is 5.38. The number of nitrogens with one attached hydrogen (secondary N) is 1. The molecule has 2 aromatic heterocycles. The Kier molecular flexibility index (Phi) is 2.29. The van der Waals surface area contributed by atoms with E-state index >= 15 is 0 Å². The Morgan fingerprint density at radius 3 is 3.12 bits per heavy atom. The zero-order valence-corrected chi connectivity index (χ0v) is 8.76. The Morgan fingerprint density at radius 1 is 1.44 bits per heavy atom. The molecular weight excluding hydrogens is 204 g/mol. The average molecular weight is 216 g/mol. The fraction of sp³-hybridized carbons (Fsp3) is 0.364. The Hall–Kier alpha value is -1.91. The quantitative estimate of drug-likeness (QED) is 0.841. The van der Waals surface area contributed by atoms with Crippen molar-refractivity contribution in [1.82, 2.24) is 15.1 Å². The minimum absolute atomic E-state index is 0.529. The van der Waals surface area contributed by atoms with Gasteiger partial charge in [-0.25, -0.2) is 0 Å². The van der Waals surface area contributed by atoms with Crippen LogP contribution in [0.2, 0.25) is 0 Å². The highest BCUT2D eigenvalue weighted by Gasteiger charge is 2.23. The third kappa shape index (κ3) is 2.18. The van der Waals surface area contributed by atoms with E-state index in [0.717, 1.165) is 5.56 Å². The van der Waals surface area contributed by atoms with Crippen molar-refractivity contribution in [2.75, 3.05) is 5.32 Å². The van der Waals surface area contributed by atoms with Crippen LogP contribution in [0.3, 0.4) is 0 Å². The number of rotatable bonds is 4. The third-order valence-electron chi connectivity index (χ3n) is 2.46. The van der Waals surface area contributed by atoms with Crippen molar-refractivity contribution >= 4 is 6.01 Å². The number of aromatic nitrogens is 3. The van der Waals surface area contributed by atoms with Gasteiger partial charge in [-0.1, -0.05) is 11.2 Å². The second-order valence-electron chi connectivity index (χ2n) is 3.97. The molecular formula is C11H12N4O. The van der Waals surface area contributed by atoms with Crippen LogP contribution in [0.25, 0.3) is 0 Å². The summed E-state index contributed by atoms with van der Waals surface area (Å²) in [7, 11) is 0. The van der Waals surface area contributed by atoms with E-state index in [1.807, 2.05) is 18.3 Å². The predicted molar refractivity (Wildman–Crippen MR) is 58.0 cm³/mol. The second-order valence-corrected chi connectivity index (χ2v) is 3.97. The molecule has 16 heavy (non-hydrogen) atoms. The lowest BCUT2D eigenvalue weighted by molar-refractivity contribution is 0.423. The topological polar surface area (TPSA) is 63.8 Å². The molecule has 0 unspecified atom stereocenters. The van der Waals surface area contributed by atoms with Gasteiger partial charge in [-0.2, -0.15) is 4.98 Å². The van der Waals surface area contributed by atoms with Gasteiger partial charge in [0.1, 0.15) is 0 Å². The molecule has 0 aliphatic heterocycles. The lowest BCUT2D eigenvalue weighted by atomic mass is 10.2. The summed E-state index contributed by atoms with van der Waals surface area (Å²) in [5.41, 5.74) is 1.08. The van der Waals surface area contributed by atoms with Crippen LogP contribution in [0.4, 0.5) is 6.01 Å². The molecule has 1 aliphatic rings. The molecule has 1 saturated carbocycles. The third-order valence-corrected chi connectivity index (χ3v) is 2.46. The Balaban J connectivity index is 1.67. The minimum Gasteiger partial charge on any atom is -0.335 e. The monoisotopic (exact) mass is 216 g/mol. The summed E-state index contributed by atoms with van der Waals surface area (Å²) in [4.78, 5) is 8.31. The molecule has 1 N–H and O–H groups in total. The van der Waals surface area contributed by atoms with Gasteiger partial charge in [0.2, 0.25) is 0 Å². The molecule has 5 heteroatoms. The molecule has 0 spiro atoms. The summed E-state index contributed by atoms with van der Waals surface area (Å²) in [6, 6.07) is 4.96. The smallest absolute Gasteiger partial charge is 0.321 e. The first kappa shape index (κ1) is 9.33. The zero-order valence-electron chi connectivity index (χ0n) is 8.76. The van der Waals surface area contributed by atoms with E-state index in [-0.39, 0.29) is 0 Å². The number of anilines is 1. The van der Waals surface area contributed by atoms with Gasteiger partial charge in [-0.05, 0) is 24.5 Å². The number of hydrogen-bond donors (Lipinski definition) is 1. The van der Waals surface area contributed by atoms with E-state index in [2.05, 4.69) is 20.4 Å². The van der Waals surface area contributed by atoms with E-state index in [1.165, 1.54) is 12.8 Å². The molecule has 1 fully saturated rings. The molecule has 0 radical (unpaired) electrons. The van der Waals surface area contributed by atoms with Crippen molar-refractivity contribution in [1.29, 1.82) is 0 Å². The van der Waals surface area contributed by atoms with Gasteiger partial charge in [0.05, 0.1) is 0 Å². The van der Waals surface area contributed by atoms with Crippen LogP contribution in [0.1, 0.15) is 24.2 Å². The Bertz CT molecular complexity index is 464. The Morgan fingerprint density at radius 2 is 2.38 bits per heavy atom. The molecule has 0 aromatic carbocycles. The van der Waals surface area contributed by atoms with Crippen molar-refractivity contribution in [3.05, 3.63) is 35.9 Å². The molecule has 0 amide bonds. The highest BCUT2D eigenvalue weighted by atomic mass is 16.5. The summed E-state index contributed by atoms with van der Waals surface area (Å²) in [6.07, 6.45) is 6.61. The maximum atomic E-state index is 5.10. The standard InChI is InChI=1S/C11H12N4O/c1-2-8(7-12-5-1)6-10-14-11(16-15-10)13-9-3-4-9/h1-2,5,7,9H,3-4,6H2,(H,13,14,15). The van der Waals surface area contributed by atoms with Gasteiger partial charge in [-0.15, -0.1) is 0 Å². The number of pyridine rings is 1. The molecule has 0 atom stereocenters. The fourth-order valence-electron chi connectivity index (χ4n) is 1.47. The van der Waals surface area contributed by atoms with Crippen molar-refractivity contribution in [2.24, 2.45) is 0 Å². The van der Waals surface area contributed by atoms with Crippen LogP contribution < -0.4 is 5.32 Å². The van der Waals surface area contributed by atoms with Crippen LogP contribution in [0, 0.1) is 0 Å². The van der Waals surface area contributed by atoms with Crippen LogP contribution in [0.5, 0.6) is 0 Å². The van der Waals surface area contributed by atoms with Crippen LogP contribution >= 0.6 is 0 Å². The van der Waals surface area contributed by atoms with Crippen LogP contribution in [0.15, 0.2) is 29.0 Å². The number of nitrogens with zero attached hydrogens (tertiary/aromatic N) is 3. The van der Waals surface area contributed by atoms with Crippen molar-refractivity contribution in [2.45, 2.75) is 25.3 Å². The van der Waals surface area contributed by atoms with Crippen molar-refractivity contribution < 1.29 is 4.52 Å². The van der Waals surface area contributed by atoms with E-state index < -0.39 is 0 Å². The molecule has 5 nitrogen and oxygen atoms in total. The SMILES string of the molecule is c1cncc(Cc2noc(NC3CC3)n2)c1. The maximum Gasteiger partial charge on any atom is 0.321 e. The number of hydrogen-bond acceptors (Lipinski definition) is 5. The second kappa shape index (κ2) is 3.92. The molecule has 0 bridgehead atoms. The molecule has 0 saturated heterocycles. The van der Waals surface area contributed by atoms with Crippen molar-refractivity contribution in [3.8, 4) is 0 Å². The van der Waals surface area contributed by atoms with Crippen LogP contribution in [-0.4, -0.2) is 21.2 Å². The first-order valence-electron chi connectivity index (χ1n) is 5.38. The normalized spacial score (nSPS) is 15.0.